The number of carboxylic acids is 1. The van der Waals surface area contributed by atoms with Crippen LogP contribution in [0.1, 0.15) is 71.1 Å². The number of aliphatic carboxylic acids is 1. The third-order valence-electron chi connectivity index (χ3n) is 3.41. The molecule has 0 aromatic heterocycles. The van der Waals surface area contributed by atoms with Crippen molar-refractivity contribution in [1.82, 2.24) is 0 Å². The monoisotopic (exact) mass is 310 g/mol. The zero-order chi connectivity index (χ0) is 15.6. The molecular weight excluding hydrogens is 283 g/mol. The molecule has 1 unspecified atom stereocenters. The van der Waals surface area contributed by atoms with Crippen molar-refractivity contribution in [2.75, 3.05) is 0 Å². The largest absolute Gasteiger partial charge is 0.481 e. The standard InChI is InChI=1S/C13H27O6P/c1-2-3-4-5-6-7-8-9-10-13(16,11-12(14)15)20(17,18)19/h16H,2-11H2,1H3,(H,14,15)(H2,17,18,19). The van der Waals surface area contributed by atoms with Crippen molar-refractivity contribution >= 4 is 13.6 Å². The number of rotatable bonds is 12. The zero-order valence-corrected chi connectivity index (χ0v) is 13.0. The summed E-state index contributed by atoms with van der Waals surface area (Å²) in [5.41, 5.74) is 0. The van der Waals surface area contributed by atoms with Crippen LogP contribution in [0.15, 0.2) is 0 Å². The number of aliphatic hydroxyl groups is 1. The third kappa shape index (κ3) is 8.00. The van der Waals surface area contributed by atoms with Crippen LogP contribution in [0.5, 0.6) is 0 Å². The summed E-state index contributed by atoms with van der Waals surface area (Å²) in [6.45, 7) is 2.14. The van der Waals surface area contributed by atoms with Crippen molar-refractivity contribution in [3.8, 4) is 0 Å². The van der Waals surface area contributed by atoms with Crippen LogP contribution in [0.4, 0.5) is 0 Å². The normalized spacial score (nSPS) is 15.0. The first-order chi connectivity index (χ1) is 9.23. The Morgan fingerprint density at radius 3 is 1.85 bits per heavy atom. The second-order valence-electron chi connectivity index (χ2n) is 5.32. The molecule has 0 fully saturated rings. The number of unbranched alkanes of at least 4 members (excludes halogenated alkanes) is 7. The molecule has 120 valence electrons. The van der Waals surface area contributed by atoms with Gasteiger partial charge in [0.2, 0.25) is 0 Å². The van der Waals surface area contributed by atoms with Crippen LogP contribution in [0.3, 0.4) is 0 Å². The van der Waals surface area contributed by atoms with Gasteiger partial charge >= 0.3 is 13.6 Å². The summed E-state index contributed by atoms with van der Waals surface area (Å²) in [4.78, 5) is 28.8. The molecule has 6 nitrogen and oxygen atoms in total. The van der Waals surface area contributed by atoms with E-state index in [9.17, 15) is 14.5 Å². The Labute approximate surface area is 120 Å². The topological polar surface area (TPSA) is 115 Å². The molecule has 1 atom stereocenters. The molecule has 0 aromatic carbocycles. The molecule has 0 saturated carbocycles. The molecule has 7 heteroatoms. The highest BCUT2D eigenvalue weighted by Crippen LogP contribution is 2.53. The number of carbonyl (C=O) groups is 1. The molecule has 4 N–H and O–H groups in total. The second-order valence-corrected chi connectivity index (χ2v) is 7.24. The van der Waals surface area contributed by atoms with Crippen molar-refractivity contribution in [2.45, 2.75) is 76.5 Å². The number of carboxylic acid groups (broad SMARTS) is 1. The van der Waals surface area contributed by atoms with E-state index in [1.807, 2.05) is 0 Å². The fourth-order valence-corrected chi connectivity index (χ4v) is 2.91. The summed E-state index contributed by atoms with van der Waals surface area (Å²) in [5, 5.41) is 16.0. The van der Waals surface area contributed by atoms with E-state index in [0.717, 1.165) is 25.7 Å². The summed E-state index contributed by atoms with van der Waals surface area (Å²) < 4.78 is 11.2. The lowest BCUT2D eigenvalue weighted by atomic mass is 10.0. The predicted octanol–water partition coefficient (Wildman–Crippen LogP) is 2.86. The van der Waals surface area contributed by atoms with E-state index in [2.05, 4.69) is 6.92 Å². The molecule has 0 aliphatic carbocycles. The average molecular weight is 310 g/mol. The van der Waals surface area contributed by atoms with Crippen molar-refractivity contribution in [1.29, 1.82) is 0 Å². The van der Waals surface area contributed by atoms with Gasteiger partial charge in [-0.15, -0.1) is 0 Å². The Morgan fingerprint density at radius 1 is 1.00 bits per heavy atom. The van der Waals surface area contributed by atoms with Gasteiger partial charge in [0.15, 0.2) is 5.34 Å². The lowest BCUT2D eigenvalue weighted by Gasteiger charge is -2.27. The first-order valence-corrected chi connectivity index (χ1v) is 8.84. The summed E-state index contributed by atoms with van der Waals surface area (Å²) in [5.74, 6) is -1.41. The van der Waals surface area contributed by atoms with Crippen LogP contribution in [0.2, 0.25) is 0 Å². The van der Waals surface area contributed by atoms with Crippen LogP contribution in [-0.4, -0.2) is 31.3 Å². The van der Waals surface area contributed by atoms with Crippen LogP contribution >= 0.6 is 7.60 Å². The molecule has 0 amide bonds. The Balaban J connectivity index is 3.99. The molecule has 0 heterocycles. The van der Waals surface area contributed by atoms with Gasteiger partial charge in [0.05, 0.1) is 6.42 Å². The first-order valence-electron chi connectivity index (χ1n) is 7.23. The van der Waals surface area contributed by atoms with Crippen LogP contribution in [-0.2, 0) is 9.36 Å². The summed E-state index contributed by atoms with van der Waals surface area (Å²) in [7, 11) is -4.84. The van der Waals surface area contributed by atoms with Gasteiger partial charge in [-0.2, -0.15) is 0 Å². The maximum absolute atomic E-state index is 11.2. The van der Waals surface area contributed by atoms with E-state index < -0.39 is 25.3 Å². The second kappa shape index (κ2) is 9.50. The van der Waals surface area contributed by atoms with E-state index in [4.69, 9.17) is 14.9 Å². The molecule has 0 rings (SSSR count). The highest BCUT2D eigenvalue weighted by Gasteiger charge is 2.46. The van der Waals surface area contributed by atoms with Crippen LogP contribution in [0, 0.1) is 0 Å². The van der Waals surface area contributed by atoms with E-state index in [0.29, 0.717) is 6.42 Å². The van der Waals surface area contributed by atoms with Gasteiger partial charge in [-0.3, -0.25) is 9.36 Å². The summed E-state index contributed by atoms with van der Waals surface area (Å²) >= 11 is 0. The minimum absolute atomic E-state index is 0.182. The van der Waals surface area contributed by atoms with E-state index in [1.165, 1.54) is 19.3 Å². The van der Waals surface area contributed by atoms with Crippen molar-refractivity contribution < 1.29 is 29.4 Å². The quantitative estimate of drug-likeness (QED) is 0.325. The molecule has 0 aromatic rings. The van der Waals surface area contributed by atoms with Crippen molar-refractivity contribution in [3.63, 3.8) is 0 Å². The van der Waals surface area contributed by atoms with Gasteiger partial charge in [-0.05, 0) is 12.8 Å². The third-order valence-corrected chi connectivity index (χ3v) is 4.87. The fraction of sp³-hybridized carbons (Fsp3) is 0.923. The Morgan fingerprint density at radius 2 is 1.45 bits per heavy atom. The van der Waals surface area contributed by atoms with Gasteiger partial charge < -0.3 is 20.0 Å². The number of hydrogen-bond donors (Lipinski definition) is 4. The minimum atomic E-state index is -4.84. The van der Waals surface area contributed by atoms with Gasteiger partial charge in [-0.25, -0.2) is 0 Å². The van der Waals surface area contributed by atoms with Gasteiger partial charge in [-0.1, -0.05) is 51.9 Å². The zero-order valence-electron chi connectivity index (χ0n) is 12.1. The molecule has 0 saturated heterocycles. The van der Waals surface area contributed by atoms with Gasteiger partial charge in [0.25, 0.3) is 0 Å². The maximum atomic E-state index is 11.2. The smallest absolute Gasteiger partial charge is 0.357 e. The Kier molecular flexibility index (Phi) is 9.30. The van der Waals surface area contributed by atoms with E-state index in [1.54, 1.807) is 0 Å². The average Bonchev–Trinajstić information content (AvgIpc) is 2.30. The van der Waals surface area contributed by atoms with Gasteiger partial charge in [0, 0.05) is 0 Å². The van der Waals surface area contributed by atoms with E-state index in [-0.39, 0.29) is 6.42 Å². The highest BCUT2D eigenvalue weighted by atomic mass is 31.2. The van der Waals surface area contributed by atoms with Crippen molar-refractivity contribution in [2.24, 2.45) is 0 Å². The van der Waals surface area contributed by atoms with Crippen LogP contribution < -0.4 is 0 Å². The summed E-state index contributed by atoms with van der Waals surface area (Å²) in [6, 6.07) is 0. The number of hydrogen-bond acceptors (Lipinski definition) is 3. The molecular formula is C13H27O6P. The molecule has 20 heavy (non-hydrogen) atoms. The SMILES string of the molecule is CCCCCCCCCCC(O)(CC(=O)O)P(=O)(O)O. The minimum Gasteiger partial charge on any atom is -0.481 e. The lowest BCUT2D eigenvalue weighted by Crippen LogP contribution is -2.31. The molecule has 0 spiro atoms. The van der Waals surface area contributed by atoms with E-state index >= 15 is 0 Å². The predicted molar refractivity (Wildman–Crippen MR) is 76.5 cm³/mol. The molecule has 0 bridgehead atoms. The highest BCUT2D eigenvalue weighted by molar-refractivity contribution is 7.53. The lowest BCUT2D eigenvalue weighted by molar-refractivity contribution is -0.140. The fourth-order valence-electron chi connectivity index (χ4n) is 2.12. The molecule has 0 radical (unpaired) electrons. The molecule has 0 aliphatic heterocycles. The van der Waals surface area contributed by atoms with Crippen LogP contribution in [0.25, 0.3) is 0 Å². The maximum Gasteiger partial charge on any atom is 0.357 e. The Bertz CT molecular complexity index is 327. The van der Waals surface area contributed by atoms with Crippen molar-refractivity contribution in [3.05, 3.63) is 0 Å². The first kappa shape index (κ1) is 19.6. The van der Waals surface area contributed by atoms with Gasteiger partial charge in [0.1, 0.15) is 0 Å². The molecule has 0 aliphatic rings. The Hall–Kier alpha value is -0.420. The summed E-state index contributed by atoms with van der Waals surface area (Å²) in [6.07, 6.45) is 6.80.